The van der Waals surface area contributed by atoms with Gasteiger partial charge in [-0.05, 0) is 17.7 Å². The topological polar surface area (TPSA) is 73.0 Å². The predicted octanol–water partition coefficient (Wildman–Crippen LogP) is 3.14. The Labute approximate surface area is 144 Å². The Bertz CT molecular complexity index is 943. The van der Waals surface area contributed by atoms with Gasteiger partial charge in [-0.1, -0.05) is 36.4 Å². The third kappa shape index (κ3) is 2.21. The lowest BCUT2D eigenvalue weighted by Crippen LogP contribution is -2.39. The lowest BCUT2D eigenvalue weighted by molar-refractivity contribution is -0.123. The van der Waals surface area contributed by atoms with Crippen molar-refractivity contribution < 1.29 is 9.21 Å². The minimum absolute atomic E-state index is 0.0687. The van der Waals surface area contributed by atoms with E-state index >= 15 is 0 Å². The number of nitrogens with one attached hydrogen (secondary N) is 1. The molecule has 25 heavy (non-hydrogen) atoms. The van der Waals surface area contributed by atoms with Crippen LogP contribution in [0.2, 0.25) is 0 Å². The summed E-state index contributed by atoms with van der Waals surface area (Å²) in [5.74, 6) is 1.27. The van der Waals surface area contributed by atoms with Crippen LogP contribution in [0, 0.1) is 5.92 Å². The molecule has 5 rings (SSSR count). The van der Waals surface area contributed by atoms with Crippen LogP contribution in [0.5, 0.6) is 0 Å². The number of benzene rings is 1. The number of anilines is 1. The third-order valence-corrected chi connectivity index (χ3v) is 4.95. The van der Waals surface area contributed by atoms with Crippen molar-refractivity contribution in [3.63, 3.8) is 0 Å². The second-order valence-corrected chi connectivity index (χ2v) is 6.40. The third-order valence-electron chi connectivity index (χ3n) is 4.95. The fourth-order valence-corrected chi connectivity index (χ4v) is 3.83. The van der Waals surface area contributed by atoms with Crippen LogP contribution in [0.25, 0.3) is 0 Å². The monoisotopic (exact) mass is 332 g/mol. The van der Waals surface area contributed by atoms with Crippen LogP contribution in [0.3, 0.4) is 0 Å². The predicted molar refractivity (Wildman–Crippen MR) is 90.9 cm³/mol. The SMILES string of the molecule is O=C1C[C@H](c2ccccc2)C=C2Nc3ncnn3[C@@H](c3ccco3)[C@H]12. The molecule has 0 fully saturated rings. The number of carbonyl (C=O) groups excluding carboxylic acids is 1. The number of Topliss-reactive ketones (excluding diaryl/α,β-unsaturated/α-hetero) is 1. The molecular weight excluding hydrogens is 316 g/mol. The number of furan rings is 1. The standard InChI is InChI=1S/C19H16N4O2/c24-15-10-13(12-5-2-1-3-6-12)9-14-17(15)18(16-7-4-8-25-16)23-19(22-14)20-11-21-23/h1-9,11,13,17-18H,10H2,(H,20,21,22)/t13-,17+,18+/m1/s1. The summed E-state index contributed by atoms with van der Waals surface area (Å²) in [5.41, 5.74) is 2.03. The first-order valence-corrected chi connectivity index (χ1v) is 8.30. The molecule has 0 unspecified atom stereocenters. The first-order chi connectivity index (χ1) is 12.3. The van der Waals surface area contributed by atoms with Crippen molar-refractivity contribution in [1.82, 2.24) is 14.8 Å². The van der Waals surface area contributed by atoms with Gasteiger partial charge in [0.2, 0.25) is 5.95 Å². The van der Waals surface area contributed by atoms with Crippen molar-refractivity contribution >= 4 is 11.7 Å². The Hall–Kier alpha value is -3.15. The van der Waals surface area contributed by atoms with Gasteiger partial charge in [0.15, 0.2) is 0 Å². The summed E-state index contributed by atoms with van der Waals surface area (Å²) in [6.45, 7) is 0. The number of hydrogen-bond donors (Lipinski definition) is 1. The smallest absolute Gasteiger partial charge is 0.226 e. The van der Waals surface area contributed by atoms with Gasteiger partial charge >= 0.3 is 0 Å². The van der Waals surface area contributed by atoms with E-state index in [0.29, 0.717) is 12.4 Å². The van der Waals surface area contributed by atoms with Gasteiger partial charge in [0.25, 0.3) is 0 Å². The van der Waals surface area contributed by atoms with E-state index in [-0.39, 0.29) is 23.7 Å². The summed E-state index contributed by atoms with van der Waals surface area (Å²) in [5, 5.41) is 7.59. The van der Waals surface area contributed by atoms with Crippen molar-refractivity contribution in [2.45, 2.75) is 18.4 Å². The van der Waals surface area contributed by atoms with Crippen molar-refractivity contribution in [3.8, 4) is 0 Å². The lowest BCUT2D eigenvalue weighted by Gasteiger charge is -2.36. The summed E-state index contributed by atoms with van der Waals surface area (Å²) in [7, 11) is 0. The van der Waals surface area contributed by atoms with Crippen LogP contribution in [0.1, 0.15) is 29.7 Å². The van der Waals surface area contributed by atoms with Gasteiger partial charge in [-0.15, -0.1) is 0 Å². The number of ketones is 1. The van der Waals surface area contributed by atoms with E-state index in [1.54, 1.807) is 10.9 Å². The molecule has 2 aromatic heterocycles. The Morgan fingerprint density at radius 1 is 1.16 bits per heavy atom. The van der Waals surface area contributed by atoms with Crippen LogP contribution in [0.4, 0.5) is 5.95 Å². The highest BCUT2D eigenvalue weighted by molar-refractivity contribution is 5.88. The summed E-state index contributed by atoms with van der Waals surface area (Å²) in [6, 6.07) is 13.5. The van der Waals surface area contributed by atoms with Crippen LogP contribution in [0.15, 0.2) is 71.2 Å². The maximum atomic E-state index is 13.1. The second-order valence-electron chi connectivity index (χ2n) is 6.40. The molecule has 1 aliphatic heterocycles. The summed E-state index contributed by atoms with van der Waals surface area (Å²) >= 11 is 0. The zero-order valence-corrected chi connectivity index (χ0v) is 13.4. The van der Waals surface area contributed by atoms with Gasteiger partial charge in [0.1, 0.15) is 23.9 Å². The molecular formula is C19H16N4O2. The Morgan fingerprint density at radius 2 is 2.04 bits per heavy atom. The van der Waals surface area contributed by atoms with Gasteiger partial charge < -0.3 is 9.73 Å². The van der Waals surface area contributed by atoms with Crippen LogP contribution in [-0.4, -0.2) is 20.5 Å². The molecule has 0 saturated carbocycles. The van der Waals surface area contributed by atoms with E-state index in [9.17, 15) is 4.79 Å². The Morgan fingerprint density at radius 3 is 2.84 bits per heavy atom. The number of allylic oxidation sites excluding steroid dienone is 2. The van der Waals surface area contributed by atoms with E-state index in [4.69, 9.17) is 4.42 Å². The Kier molecular flexibility index (Phi) is 3.09. The quantitative estimate of drug-likeness (QED) is 0.780. The van der Waals surface area contributed by atoms with Crippen molar-refractivity contribution in [2.24, 2.45) is 5.92 Å². The molecule has 3 atom stereocenters. The average molecular weight is 332 g/mol. The summed E-state index contributed by atoms with van der Waals surface area (Å²) in [4.78, 5) is 17.3. The van der Waals surface area contributed by atoms with Crippen LogP contribution in [-0.2, 0) is 4.79 Å². The fraction of sp³-hybridized carbons (Fsp3) is 0.211. The largest absolute Gasteiger partial charge is 0.467 e. The highest BCUT2D eigenvalue weighted by Gasteiger charge is 2.44. The second kappa shape index (κ2) is 5.44. The summed E-state index contributed by atoms with van der Waals surface area (Å²) < 4.78 is 7.35. The van der Waals surface area contributed by atoms with Gasteiger partial charge in [-0.3, -0.25) is 4.79 Å². The fourth-order valence-electron chi connectivity index (χ4n) is 3.83. The first-order valence-electron chi connectivity index (χ1n) is 8.30. The van der Waals surface area contributed by atoms with Gasteiger partial charge in [-0.2, -0.15) is 10.1 Å². The van der Waals surface area contributed by atoms with Gasteiger partial charge in [-0.25, -0.2) is 4.68 Å². The molecule has 1 aliphatic carbocycles. The van der Waals surface area contributed by atoms with Crippen molar-refractivity contribution in [3.05, 3.63) is 78.2 Å². The molecule has 3 heterocycles. The van der Waals surface area contributed by atoms with Crippen LogP contribution < -0.4 is 5.32 Å². The van der Waals surface area contributed by atoms with Crippen molar-refractivity contribution in [2.75, 3.05) is 5.32 Å². The van der Waals surface area contributed by atoms with E-state index in [1.165, 1.54) is 6.33 Å². The molecule has 0 spiro atoms. The van der Waals surface area contributed by atoms with Crippen LogP contribution >= 0.6 is 0 Å². The minimum atomic E-state index is -0.333. The molecule has 2 aliphatic rings. The molecule has 3 aromatic rings. The van der Waals surface area contributed by atoms with Gasteiger partial charge in [0, 0.05) is 18.0 Å². The highest BCUT2D eigenvalue weighted by Crippen LogP contribution is 2.43. The average Bonchev–Trinajstić information content (AvgIpc) is 3.32. The van der Waals surface area contributed by atoms with E-state index in [1.807, 2.05) is 30.3 Å². The molecule has 6 heteroatoms. The number of nitrogens with zero attached hydrogens (tertiary/aromatic N) is 3. The van der Waals surface area contributed by atoms with Crippen molar-refractivity contribution in [1.29, 1.82) is 0 Å². The molecule has 1 aromatic carbocycles. The van der Waals surface area contributed by atoms with E-state index in [2.05, 4.69) is 33.6 Å². The molecule has 0 radical (unpaired) electrons. The molecule has 0 bridgehead atoms. The zero-order valence-electron chi connectivity index (χ0n) is 13.4. The molecule has 0 saturated heterocycles. The maximum absolute atomic E-state index is 13.1. The number of aromatic nitrogens is 3. The highest BCUT2D eigenvalue weighted by atomic mass is 16.3. The molecule has 0 amide bonds. The lowest BCUT2D eigenvalue weighted by atomic mass is 9.77. The van der Waals surface area contributed by atoms with Gasteiger partial charge in [0.05, 0.1) is 12.2 Å². The minimum Gasteiger partial charge on any atom is -0.467 e. The Balaban J connectivity index is 1.62. The number of rotatable bonds is 2. The maximum Gasteiger partial charge on any atom is 0.226 e. The normalized spacial score (nSPS) is 24.9. The number of hydrogen-bond acceptors (Lipinski definition) is 5. The zero-order chi connectivity index (χ0) is 16.8. The first kappa shape index (κ1) is 14.2. The van der Waals surface area contributed by atoms with E-state index in [0.717, 1.165) is 17.0 Å². The number of carbonyl (C=O) groups is 1. The molecule has 124 valence electrons. The molecule has 6 nitrogen and oxygen atoms in total. The summed E-state index contributed by atoms with van der Waals surface area (Å²) in [6.07, 6.45) is 5.74. The molecule has 1 N–H and O–H groups in total. The number of fused-ring (bicyclic) bond motifs is 2. The van der Waals surface area contributed by atoms with E-state index < -0.39 is 0 Å².